The first-order valence-corrected chi connectivity index (χ1v) is 6.79. The maximum absolute atomic E-state index is 13.4. The van der Waals surface area contributed by atoms with Crippen molar-refractivity contribution in [2.24, 2.45) is 0 Å². The lowest BCUT2D eigenvalue weighted by molar-refractivity contribution is 0.0468. The third-order valence-corrected chi connectivity index (χ3v) is 3.41. The quantitative estimate of drug-likeness (QED) is 0.851. The Kier molecular flexibility index (Phi) is 4.80. The molecule has 6 heteroatoms. The molecular formula is C15H12BrFO4. The van der Waals surface area contributed by atoms with Gasteiger partial charge in [0.25, 0.3) is 0 Å². The SMILES string of the molecule is COc1cc(C(=O)OCc2ccccc2F)cc(Br)c1O. The van der Waals surface area contributed by atoms with Crippen molar-refractivity contribution in [1.29, 1.82) is 0 Å². The molecule has 4 nitrogen and oxygen atoms in total. The molecule has 0 spiro atoms. The number of ether oxygens (including phenoxy) is 2. The van der Waals surface area contributed by atoms with Crippen LogP contribution in [0.1, 0.15) is 15.9 Å². The second-order valence-electron chi connectivity index (χ2n) is 4.18. The van der Waals surface area contributed by atoms with Crippen molar-refractivity contribution in [3.05, 3.63) is 57.8 Å². The minimum Gasteiger partial charge on any atom is -0.503 e. The first kappa shape index (κ1) is 15.3. The Labute approximate surface area is 129 Å². The van der Waals surface area contributed by atoms with Gasteiger partial charge in [-0.25, -0.2) is 9.18 Å². The first-order chi connectivity index (χ1) is 10.0. The second-order valence-corrected chi connectivity index (χ2v) is 5.03. The van der Waals surface area contributed by atoms with Crippen LogP contribution < -0.4 is 4.74 Å². The van der Waals surface area contributed by atoms with Crippen molar-refractivity contribution < 1.29 is 23.8 Å². The highest BCUT2D eigenvalue weighted by Crippen LogP contribution is 2.35. The number of hydrogen-bond donors (Lipinski definition) is 1. The molecule has 0 saturated heterocycles. The summed E-state index contributed by atoms with van der Waals surface area (Å²) in [7, 11) is 1.37. The van der Waals surface area contributed by atoms with Gasteiger partial charge in [0.1, 0.15) is 12.4 Å². The van der Waals surface area contributed by atoms with Crippen LogP contribution in [0.3, 0.4) is 0 Å². The molecule has 0 amide bonds. The molecule has 0 atom stereocenters. The van der Waals surface area contributed by atoms with Gasteiger partial charge in [0.2, 0.25) is 0 Å². The molecule has 0 unspecified atom stereocenters. The zero-order chi connectivity index (χ0) is 15.4. The normalized spacial score (nSPS) is 10.2. The zero-order valence-electron chi connectivity index (χ0n) is 11.1. The summed E-state index contributed by atoms with van der Waals surface area (Å²) in [5.41, 5.74) is 0.475. The number of aromatic hydroxyl groups is 1. The van der Waals surface area contributed by atoms with Crippen LogP contribution in [0.25, 0.3) is 0 Å². The number of benzene rings is 2. The van der Waals surface area contributed by atoms with Gasteiger partial charge >= 0.3 is 5.97 Å². The Morgan fingerprint density at radius 3 is 2.71 bits per heavy atom. The fourth-order valence-corrected chi connectivity index (χ4v) is 2.13. The summed E-state index contributed by atoms with van der Waals surface area (Å²) < 4.78 is 23.7. The summed E-state index contributed by atoms with van der Waals surface area (Å²) in [6.07, 6.45) is 0. The summed E-state index contributed by atoms with van der Waals surface area (Å²) in [5.74, 6) is -1.04. The van der Waals surface area contributed by atoms with Gasteiger partial charge in [-0.3, -0.25) is 0 Å². The third-order valence-electron chi connectivity index (χ3n) is 2.80. The van der Waals surface area contributed by atoms with Crippen molar-refractivity contribution in [1.82, 2.24) is 0 Å². The van der Waals surface area contributed by atoms with Crippen LogP contribution in [0.4, 0.5) is 4.39 Å². The molecule has 0 aromatic heterocycles. The van der Waals surface area contributed by atoms with Gasteiger partial charge in [-0.2, -0.15) is 0 Å². The van der Waals surface area contributed by atoms with Gasteiger partial charge in [-0.15, -0.1) is 0 Å². The van der Waals surface area contributed by atoms with E-state index in [0.717, 1.165) is 0 Å². The van der Waals surface area contributed by atoms with Crippen LogP contribution in [-0.2, 0) is 11.3 Å². The second kappa shape index (κ2) is 6.58. The number of esters is 1. The van der Waals surface area contributed by atoms with E-state index in [1.165, 1.54) is 31.4 Å². The average Bonchev–Trinajstić information content (AvgIpc) is 2.48. The minimum absolute atomic E-state index is 0.108. The molecule has 0 heterocycles. The van der Waals surface area contributed by atoms with Crippen molar-refractivity contribution >= 4 is 21.9 Å². The molecule has 0 aliphatic rings. The van der Waals surface area contributed by atoms with Crippen LogP contribution in [-0.4, -0.2) is 18.2 Å². The van der Waals surface area contributed by atoms with Crippen LogP contribution >= 0.6 is 15.9 Å². The molecule has 0 saturated carbocycles. The number of phenols is 1. The van der Waals surface area contributed by atoms with Crippen molar-refractivity contribution in [2.45, 2.75) is 6.61 Å². The van der Waals surface area contributed by atoms with E-state index >= 15 is 0 Å². The molecule has 0 bridgehead atoms. The zero-order valence-corrected chi connectivity index (χ0v) is 12.7. The van der Waals surface area contributed by atoms with E-state index < -0.39 is 11.8 Å². The minimum atomic E-state index is -0.641. The van der Waals surface area contributed by atoms with E-state index in [0.29, 0.717) is 4.47 Å². The lowest BCUT2D eigenvalue weighted by Crippen LogP contribution is -2.06. The van der Waals surface area contributed by atoms with Crippen molar-refractivity contribution in [2.75, 3.05) is 7.11 Å². The van der Waals surface area contributed by atoms with Crippen molar-refractivity contribution in [3.63, 3.8) is 0 Å². The summed E-state index contributed by atoms with van der Waals surface area (Å²) in [4.78, 5) is 12.0. The number of phenolic OH excluding ortho intramolecular Hbond substituents is 1. The predicted molar refractivity (Wildman–Crippen MR) is 77.9 cm³/mol. The van der Waals surface area contributed by atoms with Gasteiger partial charge in [0.15, 0.2) is 11.5 Å². The highest BCUT2D eigenvalue weighted by molar-refractivity contribution is 9.10. The van der Waals surface area contributed by atoms with E-state index in [4.69, 9.17) is 9.47 Å². The van der Waals surface area contributed by atoms with Gasteiger partial charge in [-0.1, -0.05) is 18.2 Å². The smallest absolute Gasteiger partial charge is 0.338 e. The molecule has 21 heavy (non-hydrogen) atoms. The molecule has 2 rings (SSSR count). The highest BCUT2D eigenvalue weighted by Gasteiger charge is 2.15. The largest absolute Gasteiger partial charge is 0.503 e. The van der Waals surface area contributed by atoms with Gasteiger partial charge in [0, 0.05) is 5.56 Å². The third kappa shape index (κ3) is 3.52. The molecule has 0 aliphatic heterocycles. The number of methoxy groups -OCH3 is 1. The number of carbonyl (C=O) groups is 1. The maximum Gasteiger partial charge on any atom is 0.338 e. The van der Waals surface area contributed by atoms with Crippen LogP contribution in [0.5, 0.6) is 11.5 Å². The molecule has 2 aromatic rings. The predicted octanol–water partition coefficient (Wildman–Crippen LogP) is 3.66. The number of halogens is 2. The first-order valence-electron chi connectivity index (χ1n) is 6.00. The van der Waals surface area contributed by atoms with Crippen molar-refractivity contribution in [3.8, 4) is 11.5 Å². The number of hydrogen-bond acceptors (Lipinski definition) is 4. The van der Waals surface area contributed by atoms with Crippen LogP contribution in [0.2, 0.25) is 0 Å². The Hall–Kier alpha value is -2.08. The molecule has 0 radical (unpaired) electrons. The number of rotatable bonds is 4. The van der Waals surface area contributed by atoms with E-state index in [-0.39, 0.29) is 29.2 Å². The summed E-state index contributed by atoms with van der Waals surface area (Å²) in [5, 5.41) is 9.67. The lowest BCUT2D eigenvalue weighted by atomic mass is 10.2. The van der Waals surface area contributed by atoms with E-state index in [2.05, 4.69) is 15.9 Å². The van der Waals surface area contributed by atoms with E-state index in [1.807, 2.05) is 0 Å². The molecule has 0 aliphatic carbocycles. The average molecular weight is 355 g/mol. The maximum atomic E-state index is 13.4. The topological polar surface area (TPSA) is 55.8 Å². The Morgan fingerprint density at radius 1 is 1.33 bits per heavy atom. The standard InChI is InChI=1S/C15H12BrFO4/c1-20-13-7-10(6-11(16)14(13)18)15(19)21-8-9-4-2-3-5-12(9)17/h2-7,18H,8H2,1H3. The fourth-order valence-electron chi connectivity index (χ4n) is 1.69. The van der Waals surface area contributed by atoms with Gasteiger partial charge in [0.05, 0.1) is 17.1 Å². The molecular weight excluding hydrogens is 343 g/mol. The Morgan fingerprint density at radius 2 is 2.05 bits per heavy atom. The summed E-state index contributed by atoms with van der Waals surface area (Å²) in [6, 6.07) is 8.81. The van der Waals surface area contributed by atoms with Crippen LogP contribution in [0.15, 0.2) is 40.9 Å². The molecule has 110 valence electrons. The Bertz CT molecular complexity index is 673. The van der Waals surface area contributed by atoms with Crippen LogP contribution in [0, 0.1) is 5.82 Å². The monoisotopic (exact) mass is 354 g/mol. The Balaban J connectivity index is 2.14. The lowest BCUT2D eigenvalue weighted by Gasteiger charge is -2.09. The number of carbonyl (C=O) groups excluding carboxylic acids is 1. The molecule has 2 aromatic carbocycles. The van der Waals surface area contributed by atoms with E-state index in [1.54, 1.807) is 12.1 Å². The summed E-state index contributed by atoms with van der Waals surface area (Å²) >= 11 is 3.12. The molecule has 0 fully saturated rings. The highest BCUT2D eigenvalue weighted by atomic mass is 79.9. The van der Waals surface area contributed by atoms with Gasteiger partial charge in [-0.05, 0) is 34.1 Å². The summed E-state index contributed by atoms with van der Waals surface area (Å²) in [6.45, 7) is -0.174. The fraction of sp³-hybridized carbons (Fsp3) is 0.133. The van der Waals surface area contributed by atoms with Gasteiger partial charge < -0.3 is 14.6 Å². The molecule has 1 N–H and O–H groups in total. The van der Waals surface area contributed by atoms with E-state index in [9.17, 15) is 14.3 Å².